The van der Waals surface area contributed by atoms with Crippen molar-refractivity contribution in [2.45, 2.75) is 18.8 Å². The van der Waals surface area contributed by atoms with Crippen LogP contribution in [0.15, 0.2) is 42.5 Å². The van der Waals surface area contributed by atoms with Gasteiger partial charge in [0.25, 0.3) is 0 Å². The summed E-state index contributed by atoms with van der Waals surface area (Å²) in [6.07, 6.45) is 2.04. The zero-order valence-electron chi connectivity index (χ0n) is 16.6. The lowest BCUT2D eigenvalue weighted by Crippen LogP contribution is -2.47. The number of piperazine rings is 1. The summed E-state index contributed by atoms with van der Waals surface area (Å²) in [5.74, 6) is -0.224. The highest BCUT2D eigenvalue weighted by atomic mass is 19.1. The van der Waals surface area contributed by atoms with Crippen molar-refractivity contribution in [3.8, 4) is 0 Å². The van der Waals surface area contributed by atoms with Crippen LogP contribution in [0.1, 0.15) is 29.9 Å². The van der Waals surface area contributed by atoms with Gasteiger partial charge in [-0.3, -0.25) is 4.90 Å². The highest BCUT2D eigenvalue weighted by Crippen LogP contribution is 2.39. The van der Waals surface area contributed by atoms with Crippen molar-refractivity contribution in [2.75, 3.05) is 57.8 Å². The SMILES string of the molecule is CN1CCN(CCN2CCCC(c3ccc(F)cc3)c3ccc(F)cc32)CC1. The number of halogens is 2. The zero-order chi connectivity index (χ0) is 19.5. The van der Waals surface area contributed by atoms with Crippen LogP contribution >= 0.6 is 0 Å². The molecule has 0 aromatic heterocycles. The second-order valence-electron chi connectivity index (χ2n) is 8.08. The summed E-state index contributed by atoms with van der Waals surface area (Å²) in [6, 6.07) is 11.9. The average molecular weight is 386 g/mol. The molecule has 1 unspecified atom stereocenters. The third-order valence-corrected chi connectivity index (χ3v) is 6.18. The van der Waals surface area contributed by atoms with Gasteiger partial charge in [-0.2, -0.15) is 0 Å². The van der Waals surface area contributed by atoms with Crippen molar-refractivity contribution in [2.24, 2.45) is 0 Å². The largest absolute Gasteiger partial charge is 0.370 e. The van der Waals surface area contributed by atoms with E-state index in [0.717, 1.165) is 75.5 Å². The zero-order valence-corrected chi connectivity index (χ0v) is 16.6. The summed E-state index contributed by atoms with van der Waals surface area (Å²) < 4.78 is 27.5. The smallest absolute Gasteiger partial charge is 0.125 e. The average Bonchev–Trinajstić information content (AvgIpc) is 2.87. The van der Waals surface area contributed by atoms with E-state index in [1.807, 2.05) is 18.2 Å². The first-order valence-corrected chi connectivity index (χ1v) is 10.3. The summed E-state index contributed by atoms with van der Waals surface area (Å²) in [4.78, 5) is 7.21. The molecule has 0 spiro atoms. The molecular formula is C23H29F2N3. The highest BCUT2D eigenvalue weighted by Gasteiger charge is 2.25. The van der Waals surface area contributed by atoms with Crippen molar-refractivity contribution in [3.63, 3.8) is 0 Å². The molecule has 150 valence electrons. The molecule has 0 saturated carbocycles. The minimum Gasteiger partial charge on any atom is -0.370 e. The van der Waals surface area contributed by atoms with E-state index in [1.54, 1.807) is 12.1 Å². The molecular weight excluding hydrogens is 356 g/mol. The van der Waals surface area contributed by atoms with Crippen molar-refractivity contribution >= 4 is 5.69 Å². The van der Waals surface area contributed by atoms with Crippen molar-refractivity contribution in [1.82, 2.24) is 9.80 Å². The van der Waals surface area contributed by atoms with Crippen LogP contribution in [0.3, 0.4) is 0 Å². The summed E-state index contributed by atoms with van der Waals surface area (Å²) >= 11 is 0. The standard InChI is InChI=1S/C23H29F2N3/c1-26-11-13-27(14-12-26)15-16-28-10-2-3-21(18-4-6-19(24)7-5-18)22-9-8-20(25)17-23(22)28/h4-9,17,21H,2-3,10-16H2,1H3. The van der Waals surface area contributed by atoms with Crippen LogP contribution in [0, 0.1) is 11.6 Å². The van der Waals surface area contributed by atoms with Gasteiger partial charge in [-0.1, -0.05) is 18.2 Å². The molecule has 3 nitrogen and oxygen atoms in total. The van der Waals surface area contributed by atoms with E-state index in [0.29, 0.717) is 0 Å². The molecule has 2 aliphatic rings. The van der Waals surface area contributed by atoms with Gasteiger partial charge in [-0.25, -0.2) is 8.78 Å². The highest BCUT2D eigenvalue weighted by molar-refractivity contribution is 5.58. The quantitative estimate of drug-likeness (QED) is 0.789. The van der Waals surface area contributed by atoms with Crippen LogP contribution in [0.2, 0.25) is 0 Å². The number of anilines is 1. The fourth-order valence-corrected chi connectivity index (χ4v) is 4.45. The third kappa shape index (κ3) is 4.36. The molecule has 0 aliphatic carbocycles. The molecule has 2 aromatic carbocycles. The molecule has 0 radical (unpaired) electrons. The summed E-state index contributed by atoms with van der Waals surface area (Å²) in [7, 11) is 2.17. The monoisotopic (exact) mass is 385 g/mol. The van der Waals surface area contributed by atoms with Gasteiger partial charge in [0.2, 0.25) is 0 Å². The lowest BCUT2D eigenvalue weighted by molar-refractivity contribution is 0.157. The molecule has 1 saturated heterocycles. The van der Waals surface area contributed by atoms with E-state index in [9.17, 15) is 8.78 Å². The van der Waals surface area contributed by atoms with E-state index in [1.165, 1.54) is 12.1 Å². The first-order valence-electron chi connectivity index (χ1n) is 10.3. The Bertz CT molecular complexity index is 785. The second kappa shape index (κ2) is 8.58. The lowest BCUT2D eigenvalue weighted by atomic mass is 9.87. The molecule has 2 heterocycles. The van der Waals surface area contributed by atoms with Crippen LogP contribution in [0.5, 0.6) is 0 Å². The molecule has 1 fully saturated rings. The van der Waals surface area contributed by atoms with Crippen molar-refractivity contribution in [1.29, 1.82) is 0 Å². The third-order valence-electron chi connectivity index (χ3n) is 6.18. The van der Waals surface area contributed by atoms with Gasteiger partial charge in [0.15, 0.2) is 0 Å². The van der Waals surface area contributed by atoms with Gasteiger partial charge in [0.05, 0.1) is 0 Å². The van der Waals surface area contributed by atoms with Gasteiger partial charge >= 0.3 is 0 Å². The van der Waals surface area contributed by atoms with Gasteiger partial charge in [-0.05, 0) is 55.3 Å². The van der Waals surface area contributed by atoms with Crippen LogP contribution in [-0.2, 0) is 0 Å². The Morgan fingerprint density at radius 1 is 0.857 bits per heavy atom. The minimum atomic E-state index is -0.217. The normalized spacial score (nSPS) is 21.4. The Labute approximate surface area is 166 Å². The molecule has 5 heteroatoms. The van der Waals surface area contributed by atoms with E-state index in [2.05, 4.69) is 21.7 Å². The molecule has 2 aromatic rings. The van der Waals surface area contributed by atoms with E-state index in [-0.39, 0.29) is 17.6 Å². The first-order chi connectivity index (χ1) is 13.6. The lowest BCUT2D eigenvalue weighted by Gasteiger charge is -2.34. The van der Waals surface area contributed by atoms with Crippen molar-refractivity contribution in [3.05, 3.63) is 65.2 Å². The van der Waals surface area contributed by atoms with Crippen molar-refractivity contribution < 1.29 is 8.78 Å². The maximum atomic E-state index is 14.1. The predicted octanol–water partition coefficient (Wildman–Crippen LogP) is 3.94. The number of hydrogen-bond acceptors (Lipinski definition) is 3. The van der Waals surface area contributed by atoms with E-state index >= 15 is 0 Å². The molecule has 0 amide bonds. The molecule has 28 heavy (non-hydrogen) atoms. The molecule has 0 bridgehead atoms. The summed E-state index contributed by atoms with van der Waals surface area (Å²) in [5.41, 5.74) is 3.26. The Hall–Kier alpha value is -1.98. The minimum absolute atomic E-state index is 0.185. The first kappa shape index (κ1) is 19.3. The van der Waals surface area contributed by atoms with Crippen LogP contribution in [0.4, 0.5) is 14.5 Å². The van der Waals surface area contributed by atoms with Crippen LogP contribution in [-0.4, -0.2) is 62.7 Å². The molecule has 0 N–H and O–H groups in total. The number of likely N-dealkylation sites (N-methyl/N-ethyl adjacent to an activating group) is 1. The Balaban J connectivity index is 1.55. The second-order valence-corrected chi connectivity index (χ2v) is 8.08. The van der Waals surface area contributed by atoms with E-state index in [4.69, 9.17) is 0 Å². The number of hydrogen-bond donors (Lipinski definition) is 0. The fourth-order valence-electron chi connectivity index (χ4n) is 4.45. The molecule has 1 atom stereocenters. The molecule has 2 aliphatic heterocycles. The maximum absolute atomic E-state index is 14.1. The number of rotatable bonds is 4. The predicted molar refractivity (Wildman–Crippen MR) is 110 cm³/mol. The van der Waals surface area contributed by atoms with Gasteiger partial charge in [0.1, 0.15) is 11.6 Å². The number of benzene rings is 2. The number of fused-ring (bicyclic) bond motifs is 1. The maximum Gasteiger partial charge on any atom is 0.125 e. The van der Waals surface area contributed by atoms with Gasteiger partial charge < -0.3 is 9.80 Å². The van der Waals surface area contributed by atoms with Gasteiger partial charge in [0, 0.05) is 57.4 Å². The summed E-state index contributed by atoms with van der Waals surface area (Å²) in [5, 5.41) is 0. The Morgan fingerprint density at radius 2 is 1.57 bits per heavy atom. The summed E-state index contributed by atoms with van der Waals surface area (Å²) in [6.45, 7) is 7.26. The van der Waals surface area contributed by atoms with Crippen LogP contribution in [0.25, 0.3) is 0 Å². The van der Waals surface area contributed by atoms with Crippen LogP contribution < -0.4 is 4.90 Å². The Kier molecular flexibility index (Phi) is 5.93. The fraction of sp³-hybridized carbons (Fsp3) is 0.478. The number of nitrogens with zero attached hydrogens (tertiary/aromatic N) is 3. The molecule has 4 rings (SSSR count). The Morgan fingerprint density at radius 3 is 2.32 bits per heavy atom. The topological polar surface area (TPSA) is 9.72 Å². The van der Waals surface area contributed by atoms with E-state index < -0.39 is 0 Å². The van der Waals surface area contributed by atoms with Gasteiger partial charge in [-0.15, -0.1) is 0 Å².